The van der Waals surface area contributed by atoms with Gasteiger partial charge in [0.1, 0.15) is 0 Å². The Morgan fingerprint density at radius 3 is 1.92 bits per heavy atom. The fraction of sp³-hybridized carbons (Fsp3) is 1.00. The van der Waals surface area contributed by atoms with Crippen molar-refractivity contribution in [3.63, 3.8) is 0 Å². The molecule has 1 atom stereocenters. The first kappa shape index (κ1) is 11.0. The van der Waals surface area contributed by atoms with Crippen LogP contribution in [0.5, 0.6) is 0 Å². The van der Waals surface area contributed by atoms with Crippen molar-refractivity contribution in [1.82, 2.24) is 5.32 Å². The van der Waals surface area contributed by atoms with Crippen molar-refractivity contribution in [2.45, 2.75) is 59.9 Å². The zero-order chi connectivity index (χ0) is 10.3. The summed E-state index contributed by atoms with van der Waals surface area (Å²) in [5, 5.41) is 3.45. The molecule has 0 aromatic carbocycles. The fourth-order valence-corrected chi connectivity index (χ4v) is 2.83. The van der Waals surface area contributed by atoms with Crippen molar-refractivity contribution in [3.8, 4) is 0 Å². The SMILES string of the molecule is CC(C)(C)CC(C)(C)CC1(C)CN1. The molecule has 1 aliphatic heterocycles. The van der Waals surface area contributed by atoms with E-state index in [0.29, 0.717) is 16.4 Å². The standard InChI is InChI=1S/C12H25N/c1-10(2,3)7-11(4,5)8-12(6)9-13-12/h13H,7-9H2,1-6H3. The fourth-order valence-electron chi connectivity index (χ4n) is 2.83. The van der Waals surface area contributed by atoms with E-state index in [9.17, 15) is 0 Å². The molecule has 1 unspecified atom stereocenters. The average molecular weight is 183 g/mol. The van der Waals surface area contributed by atoms with E-state index in [2.05, 4.69) is 46.9 Å². The summed E-state index contributed by atoms with van der Waals surface area (Å²) >= 11 is 0. The van der Waals surface area contributed by atoms with Gasteiger partial charge in [-0.25, -0.2) is 0 Å². The summed E-state index contributed by atoms with van der Waals surface area (Å²) in [4.78, 5) is 0. The van der Waals surface area contributed by atoms with Crippen LogP contribution in [0.4, 0.5) is 0 Å². The highest BCUT2D eigenvalue weighted by Gasteiger charge is 2.42. The minimum atomic E-state index is 0.453. The smallest absolute Gasteiger partial charge is 0.0283 e. The Hall–Kier alpha value is -0.0400. The van der Waals surface area contributed by atoms with E-state index in [-0.39, 0.29) is 0 Å². The van der Waals surface area contributed by atoms with Gasteiger partial charge in [0.25, 0.3) is 0 Å². The summed E-state index contributed by atoms with van der Waals surface area (Å²) in [6, 6.07) is 0. The van der Waals surface area contributed by atoms with Gasteiger partial charge in [0.05, 0.1) is 0 Å². The molecule has 1 fully saturated rings. The highest BCUT2D eigenvalue weighted by molar-refractivity contribution is 5.02. The molecule has 0 saturated carbocycles. The maximum atomic E-state index is 3.45. The molecule has 0 aliphatic carbocycles. The van der Waals surface area contributed by atoms with Crippen molar-refractivity contribution in [1.29, 1.82) is 0 Å². The zero-order valence-corrected chi connectivity index (χ0v) is 10.1. The summed E-state index contributed by atoms with van der Waals surface area (Å²) in [6.07, 6.45) is 2.61. The Morgan fingerprint density at radius 2 is 1.62 bits per heavy atom. The van der Waals surface area contributed by atoms with Crippen molar-refractivity contribution >= 4 is 0 Å². The van der Waals surface area contributed by atoms with Crippen molar-refractivity contribution in [2.75, 3.05) is 6.54 Å². The highest BCUT2D eigenvalue weighted by Crippen LogP contribution is 2.41. The van der Waals surface area contributed by atoms with Gasteiger partial charge in [-0.05, 0) is 30.6 Å². The quantitative estimate of drug-likeness (QED) is 0.667. The van der Waals surface area contributed by atoms with Crippen LogP contribution in [0.2, 0.25) is 0 Å². The van der Waals surface area contributed by atoms with Gasteiger partial charge in [0.2, 0.25) is 0 Å². The monoisotopic (exact) mass is 183 g/mol. The molecular weight excluding hydrogens is 158 g/mol. The minimum Gasteiger partial charge on any atom is -0.308 e. The average Bonchev–Trinajstić information content (AvgIpc) is 2.36. The van der Waals surface area contributed by atoms with E-state index in [1.165, 1.54) is 19.4 Å². The summed E-state index contributed by atoms with van der Waals surface area (Å²) in [7, 11) is 0. The maximum absolute atomic E-state index is 3.45. The van der Waals surface area contributed by atoms with Gasteiger partial charge in [-0.1, -0.05) is 34.6 Å². The van der Waals surface area contributed by atoms with Crippen LogP contribution in [-0.4, -0.2) is 12.1 Å². The third kappa shape index (κ3) is 4.12. The minimum absolute atomic E-state index is 0.453. The Kier molecular flexibility index (Phi) is 2.53. The Morgan fingerprint density at radius 1 is 1.15 bits per heavy atom. The molecule has 0 aromatic rings. The summed E-state index contributed by atoms with van der Waals surface area (Å²) < 4.78 is 0. The van der Waals surface area contributed by atoms with Crippen molar-refractivity contribution in [2.24, 2.45) is 10.8 Å². The van der Waals surface area contributed by atoms with Crippen molar-refractivity contribution in [3.05, 3.63) is 0 Å². The highest BCUT2D eigenvalue weighted by atomic mass is 15.1. The van der Waals surface area contributed by atoms with Crippen LogP contribution in [0.15, 0.2) is 0 Å². The third-order valence-electron chi connectivity index (χ3n) is 2.66. The first-order chi connectivity index (χ1) is 5.62. The maximum Gasteiger partial charge on any atom is 0.0283 e. The molecule has 0 radical (unpaired) electrons. The van der Waals surface area contributed by atoms with E-state index in [1.807, 2.05) is 0 Å². The van der Waals surface area contributed by atoms with Gasteiger partial charge in [0, 0.05) is 12.1 Å². The number of hydrogen-bond donors (Lipinski definition) is 1. The van der Waals surface area contributed by atoms with Gasteiger partial charge in [-0.15, -0.1) is 0 Å². The molecule has 1 nitrogen and oxygen atoms in total. The molecule has 0 spiro atoms. The van der Waals surface area contributed by atoms with Crippen molar-refractivity contribution < 1.29 is 0 Å². The number of hydrogen-bond acceptors (Lipinski definition) is 1. The van der Waals surface area contributed by atoms with E-state index in [0.717, 1.165) is 0 Å². The molecule has 1 rings (SSSR count). The Labute approximate surface area is 83.3 Å². The second-order valence-corrected chi connectivity index (χ2v) is 6.99. The molecule has 1 saturated heterocycles. The van der Waals surface area contributed by atoms with Crippen LogP contribution in [0.3, 0.4) is 0 Å². The lowest BCUT2D eigenvalue weighted by molar-refractivity contribution is 0.184. The van der Waals surface area contributed by atoms with Crippen LogP contribution in [0.25, 0.3) is 0 Å². The molecule has 0 bridgehead atoms. The van der Waals surface area contributed by atoms with Crippen LogP contribution in [0.1, 0.15) is 54.4 Å². The van der Waals surface area contributed by atoms with Crippen LogP contribution < -0.4 is 5.32 Å². The van der Waals surface area contributed by atoms with Gasteiger partial charge in [-0.2, -0.15) is 0 Å². The van der Waals surface area contributed by atoms with E-state index < -0.39 is 0 Å². The zero-order valence-electron chi connectivity index (χ0n) is 10.1. The summed E-state index contributed by atoms with van der Waals surface area (Å²) in [6.45, 7) is 15.3. The van der Waals surface area contributed by atoms with E-state index >= 15 is 0 Å². The normalized spacial score (nSPS) is 29.1. The second-order valence-electron chi connectivity index (χ2n) is 6.99. The molecule has 1 N–H and O–H groups in total. The van der Waals surface area contributed by atoms with Crippen LogP contribution >= 0.6 is 0 Å². The predicted octanol–water partition coefficient (Wildman–Crippen LogP) is 3.20. The molecule has 1 heterocycles. The summed E-state index contributed by atoms with van der Waals surface area (Å²) in [5.74, 6) is 0. The number of nitrogens with one attached hydrogen (secondary N) is 1. The van der Waals surface area contributed by atoms with Crippen LogP contribution in [0, 0.1) is 10.8 Å². The number of rotatable bonds is 3. The Balaban J connectivity index is 2.46. The molecule has 78 valence electrons. The van der Waals surface area contributed by atoms with Gasteiger partial charge >= 0.3 is 0 Å². The Bertz CT molecular complexity index is 173. The predicted molar refractivity (Wildman–Crippen MR) is 58.9 cm³/mol. The molecule has 0 amide bonds. The largest absolute Gasteiger partial charge is 0.308 e. The van der Waals surface area contributed by atoms with Crippen LogP contribution in [-0.2, 0) is 0 Å². The molecule has 13 heavy (non-hydrogen) atoms. The lowest BCUT2D eigenvalue weighted by Gasteiger charge is -2.34. The molecular formula is C12H25N. The lowest BCUT2D eigenvalue weighted by Crippen LogP contribution is -2.27. The van der Waals surface area contributed by atoms with E-state index in [1.54, 1.807) is 0 Å². The topological polar surface area (TPSA) is 21.9 Å². The van der Waals surface area contributed by atoms with Gasteiger partial charge in [0.15, 0.2) is 0 Å². The second kappa shape index (κ2) is 2.98. The summed E-state index contributed by atoms with van der Waals surface area (Å²) in [5.41, 5.74) is 1.38. The first-order valence-electron chi connectivity index (χ1n) is 5.37. The molecule has 1 heteroatoms. The molecule has 0 aromatic heterocycles. The molecule has 1 aliphatic rings. The van der Waals surface area contributed by atoms with Gasteiger partial charge in [-0.3, -0.25) is 0 Å². The third-order valence-corrected chi connectivity index (χ3v) is 2.66. The lowest BCUT2D eigenvalue weighted by atomic mass is 9.72. The van der Waals surface area contributed by atoms with Gasteiger partial charge < -0.3 is 5.32 Å². The first-order valence-corrected chi connectivity index (χ1v) is 5.37. The van der Waals surface area contributed by atoms with E-state index in [4.69, 9.17) is 0 Å².